The second-order valence-electron chi connectivity index (χ2n) is 6.16. The van der Waals surface area contributed by atoms with Crippen LogP contribution in [0.25, 0.3) is 6.08 Å². The molecule has 2 rings (SSSR count). The van der Waals surface area contributed by atoms with Crippen LogP contribution in [0.15, 0.2) is 47.4 Å². The molecule has 0 saturated carbocycles. The van der Waals surface area contributed by atoms with E-state index in [0.29, 0.717) is 13.1 Å². The Morgan fingerprint density at radius 1 is 1.20 bits per heavy atom. The summed E-state index contributed by atoms with van der Waals surface area (Å²) >= 11 is 0. The molecule has 1 N–H and O–H groups in total. The van der Waals surface area contributed by atoms with Gasteiger partial charge in [0.2, 0.25) is 15.8 Å². The Balaban J connectivity index is 2.28. The molecule has 0 aliphatic rings. The number of nitrogens with zero attached hydrogens (tertiary/aromatic N) is 2. The maximum atomic E-state index is 12.5. The van der Waals surface area contributed by atoms with Crippen molar-refractivity contribution in [2.75, 3.05) is 20.2 Å². The summed E-state index contributed by atoms with van der Waals surface area (Å²) in [6.07, 6.45) is 2.54. The van der Waals surface area contributed by atoms with Crippen molar-refractivity contribution < 1.29 is 28.0 Å². The average molecular weight is 434 g/mol. The van der Waals surface area contributed by atoms with Crippen molar-refractivity contribution >= 4 is 27.6 Å². The second kappa shape index (κ2) is 9.51. The molecular weight excluding hydrogens is 412 g/mol. The molecule has 0 atom stereocenters. The van der Waals surface area contributed by atoms with Gasteiger partial charge in [-0.25, -0.2) is 8.42 Å². The number of hydrogen-bond donors (Lipinski definition) is 1. The van der Waals surface area contributed by atoms with Gasteiger partial charge in [0.1, 0.15) is 0 Å². The molecule has 10 heteroatoms. The molecule has 0 unspecified atom stereocenters. The number of ether oxygens (including phenoxy) is 1. The quantitative estimate of drug-likeness (QED) is 0.278. The molecule has 0 fully saturated rings. The Hall–Kier alpha value is -3.24. The molecule has 0 amide bonds. The fourth-order valence-corrected chi connectivity index (χ4v) is 4.23. The van der Waals surface area contributed by atoms with Gasteiger partial charge in [0.15, 0.2) is 11.5 Å². The molecule has 2 aromatic rings. The number of benzene rings is 2. The van der Waals surface area contributed by atoms with Gasteiger partial charge in [0.25, 0.3) is 0 Å². The van der Waals surface area contributed by atoms with Crippen LogP contribution in [-0.4, -0.2) is 48.7 Å². The standard InChI is InChI=1S/C20H22N2O7S/c1-4-21(5-2)30(27,28)16-9-7-15(8-10-16)18(23)11-6-14-12-17(22(25)26)20(24)19(13-14)29-3/h6-13,24H,4-5H2,1-3H3. The number of ketones is 1. The Kier molecular flexibility index (Phi) is 7.30. The molecule has 0 saturated heterocycles. The van der Waals surface area contributed by atoms with Gasteiger partial charge in [-0.15, -0.1) is 0 Å². The first kappa shape index (κ1) is 23.0. The lowest BCUT2D eigenvalue weighted by Crippen LogP contribution is -2.30. The summed E-state index contributed by atoms with van der Waals surface area (Å²) in [6.45, 7) is 4.16. The lowest BCUT2D eigenvalue weighted by molar-refractivity contribution is -0.386. The predicted molar refractivity (Wildman–Crippen MR) is 111 cm³/mol. The summed E-state index contributed by atoms with van der Waals surface area (Å²) < 4.78 is 31.2. The summed E-state index contributed by atoms with van der Waals surface area (Å²) in [4.78, 5) is 22.8. The molecule has 0 spiro atoms. The van der Waals surface area contributed by atoms with Crippen molar-refractivity contribution in [3.05, 3.63) is 63.7 Å². The third-order valence-corrected chi connectivity index (χ3v) is 6.47. The molecule has 0 heterocycles. The number of allylic oxidation sites excluding steroid dienone is 1. The first-order valence-corrected chi connectivity index (χ1v) is 10.5. The number of phenols is 1. The SMILES string of the molecule is CCN(CC)S(=O)(=O)c1ccc(C(=O)C=Cc2cc(OC)c(O)c([N+](=O)[O-])c2)cc1. The maximum Gasteiger partial charge on any atom is 0.315 e. The van der Waals surface area contributed by atoms with Gasteiger partial charge in [-0.05, 0) is 42.0 Å². The Morgan fingerprint density at radius 2 is 1.80 bits per heavy atom. The molecule has 9 nitrogen and oxygen atoms in total. The van der Waals surface area contributed by atoms with E-state index < -0.39 is 32.2 Å². The third kappa shape index (κ3) is 4.84. The van der Waals surface area contributed by atoms with Crippen LogP contribution >= 0.6 is 0 Å². The number of nitro groups is 1. The highest BCUT2D eigenvalue weighted by Crippen LogP contribution is 2.37. The van der Waals surface area contributed by atoms with Crippen LogP contribution in [0.3, 0.4) is 0 Å². The number of aromatic hydroxyl groups is 1. The van der Waals surface area contributed by atoms with Crippen LogP contribution < -0.4 is 4.74 Å². The minimum absolute atomic E-state index is 0.0885. The molecule has 0 bridgehead atoms. The van der Waals surface area contributed by atoms with Gasteiger partial charge >= 0.3 is 5.69 Å². The van der Waals surface area contributed by atoms with Crippen LogP contribution in [0.2, 0.25) is 0 Å². The molecule has 0 aliphatic carbocycles. The van der Waals surface area contributed by atoms with E-state index in [2.05, 4.69) is 0 Å². The molecule has 0 aromatic heterocycles. The van der Waals surface area contributed by atoms with Gasteiger partial charge in [0, 0.05) is 24.7 Å². The number of phenolic OH excluding ortho intramolecular Hbond substituents is 1. The Bertz CT molecular complexity index is 1070. The highest BCUT2D eigenvalue weighted by molar-refractivity contribution is 7.89. The van der Waals surface area contributed by atoms with Crippen molar-refractivity contribution in [2.24, 2.45) is 0 Å². The van der Waals surface area contributed by atoms with Crippen molar-refractivity contribution in [2.45, 2.75) is 18.7 Å². The summed E-state index contributed by atoms with van der Waals surface area (Å²) in [5, 5.41) is 20.8. The zero-order valence-corrected chi connectivity index (χ0v) is 17.5. The van der Waals surface area contributed by atoms with Gasteiger partial charge in [-0.1, -0.05) is 19.9 Å². The first-order valence-electron chi connectivity index (χ1n) is 9.03. The van der Waals surface area contributed by atoms with Crippen molar-refractivity contribution in [1.82, 2.24) is 4.31 Å². The highest BCUT2D eigenvalue weighted by atomic mass is 32.2. The second-order valence-corrected chi connectivity index (χ2v) is 8.10. The summed E-state index contributed by atoms with van der Waals surface area (Å²) in [7, 11) is -2.37. The number of sulfonamides is 1. The monoisotopic (exact) mass is 434 g/mol. The van der Waals surface area contributed by atoms with Gasteiger partial charge < -0.3 is 9.84 Å². The van der Waals surface area contributed by atoms with Crippen LogP contribution in [0.1, 0.15) is 29.8 Å². The van der Waals surface area contributed by atoms with Crippen LogP contribution in [0, 0.1) is 10.1 Å². The summed E-state index contributed by atoms with van der Waals surface area (Å²) in [5.74, 6) is -1.12. The highest BCUT2D eigenvalue weighted by Gasteiger charge is 2.22. The topological polar surface area (TPSA) is 127 Å². The molecule has 30 heavy (non-hydrogen) atoms. The van der Waals surface area contributed by atoms with Crippen molar-refractivity contribution in [1.29, 1.82) is 0 Å². The van der Waals surface area contributed by atoms with E-state index in [0.717, 1.165) is 6.07 Å². The van der Waals surface area contributed by atoms with E-state index in [4.69, 9.17) is 4.74 Å². The number of methoxy groups -OCH3 is 1. The largest absolute Gasteiger partial charge is 0.500 e. The third-order valence-electron chi connectivity index (χ3n) is 4.40. The fraction of sp³-hybridized carbons (Fsp3) is 0.250. The Morgan fingerprint density at radius 3 is 2.30 bits per heavy atom. The van der Waals surface area contributed by atoms with Crippen LogP contribution in [0.5, 0.6) is 11.5 Å². The molecule has 0 aliphatic heterocycles. The smallest absolute Gasteiger partial charge is 0.315 e. The Labute approximate surface area is 174 Å². The van der Waals surface area contributed by atoms with Gasteiger partial charge in [0.05, 0.1) is 16.9 Å². The molecule has 0 radical (unpaired) electrons. The summed E-state index contributed by atoms with van der Waals surface area (Å²) in [6, 6.07) is 8.01. The maximum absolute atomic E-state index is 12.5. The van der Waals surface area contributed by atoms with Gasteiger partial charge in [-0.2, -0.15) is 4.31 Å². The number of carbonyl (C=O) groups excluding carboxylic acids is 1. The lowest BCUT2D eigenvalue weighted by Gasteiger charge is -2.18. The van der Waals surface area contributed by atoms with E-state index in [1.165, 1.54) is 53.9 Å². The van der Waals surface area contributed by atoms with Crippen LogP contribution in [0.4, 0.5) is 5.69 Å². The van der Waals surface area contributed by atoms with Crippen molar-refractivity contribution in [3.63, 3.8) is 0 Å². The van der Waals surface area contributed by atoms with E-state index in [1.54, 1.807) is 13.8 Å². The molecular formula is C20H22N2O7S. The number of hydrogen-bond acceptors (Lipinski definition) is 7. The zero-order valence-electron chi connectivity index (χ0n) is 16.7. The van der Waals surface area contributed by atoms with Crippen molar-refractivity contribution in [3.8, 4) is 11.5 Å². The van der Waals surface area contributed by atoms with E-state index >= 15 is 0 Å². The summed E-state index contributed by atoms with van der Waals surface area (Å²) in [5.41, 5.74) is -0.0113. The van der Waals surface area contributed by atoms with Crippen LogP contribution in [-0.2, 0) is 10.0 Å². The average Bonchev–Trinajstić information content (AvgIpc) is 2.73. The fourth-order valence-electron chi connectivity index (χ4n) is 2.78. The minimum atomic E-state index is -3.62. The number of carbonyl (C=O) groups is 1. The number of nitro benzene ring substituents is 1. The predicted octanol–water partition coefficient (Wildman–Crippen LogP) is 3.24. The molecule has 2 aromatic carbocycles. The number of rotatable bonds is 9. The normalized spacial score (nSPS) is 11.7. The van der Waals surface area contributed by atoms with E-state index in [9.17, 15) is 28.4 Å². The van der Waals surface area contributed by atoms with Gasteiger partial charge in [-0.3, -0.25) is 14.9 Å². The first-order chi connectivity index (χ1) is 14.1. The van der Waals surface area contributed by atoms with E-state index in [1.807, 2.05) is 0 Å². The lowest BCUT2D eigenvalue weighted by atomic mass is 10.1. The zero-order chi connectivity index (χ0) is 22.5. The van der Waals surface area contributed by atoms with E-state index in [-0.39, 0.29) is 21.8 Å². The minimum Gasteiger partial charge on any atom is -0.500 e. The molecule has 160 valence electrons.